The molecule has 0 spiro atoms. The molecule has 0 radical (unpaired) electrons. The van der Waals surface area contributed by atoms with Gasteiger partial charge in [-0.15, -0.1) is 0 Å². The molecule has 0 aromatic rings. The maximum absolute atomic E-state index is 10.9. The fourth-order valence-corrected chi connectivity index (χ4v) is 2.66. The first-order valence-corrected chi connectivity index (χ1v) is 4.72. The third-order valence-corrected chi connectivity index (χ3v) is 3.32. The molecule has 2 rings (SSSR count). The lowest BCUT2D eigenvalue weighted by atomic mass is 9.74. The van der Waals surface area contributed by atoms with Crippen molar-refractivity contribution in [3.63, 3.8) is 0 Å². The molecule has 12 heavy (non-hydrogen) atoms. The fourth-order valence-electron chi connectivity index (χ4n) is 2.66. The highest BCUT2D eigenvalue weighted by Gasteiger charge is 2.39. The summed E-state index contributed by atoms with van der Waals surface area (Å²) in [6.07, 6.45) is 3.21. The summed E-state index contributed by atoms with van der Waals surface area (Å²) in [7, 11) is 0. The van der Waals surface area contributed by atoms with Crippen molar-refractivity contribution >= 4 is 5.97 Å². The van der Waals surface area contributed by atoms with Crippen molar-refractivity contribution in [2.24, 2.45) is 17.8 Å². The molecule has 0 amide bonds. The molecule has 2 fully saturated rings. The zero-order valence-electron chi connectivity index (χ0n) is 7.12. The van der Waals surface area contributed by atoms with Gasteiger partial charge in [-0.3, -0.25) is 4.79 Å². The smallest absolute Gasteiger partial charge is 0.306 e. The van der Waals surface area contributed by atoms with E-state index in [0.29, 0.717) is 11.8 Å². The van der Waals surface area contributed by atoms with Crippen molar-refractivity contribution < 1.29 is 9.90 Å². The van der Waals surface area contributed by atoms with Crippen LogP contribution in [0, 0.1) is 17.8 Å². The van der Waals surface area contributed by atoms with Gasteiger partial charge in [-0.1, -0.05) is 6.42 Å². The second-order valence-corrected chi connectivity index (χ2v) is 3.96. The SMILES string of the molecule is O=C(O)C1CCCC2CNCC21. The Balaban J connectivity index is 2.08. The lowest BCUT2D eigenvalue weighted by molar-refractivity contribution is -0.145. The van der Waals surface area contributed by atoms with E-state index < -0.39 is 5.97 Å². The first-order chi connectivity index (χ1) is 5.79. The average Bonchev–Trinajstić information content (AvgIpc) is 2.49. The first-order valence-electron chi connectivity index (χ1n) is 4.72. The molecular formula is C9H15NO2. The molecule has 0 aromatic carbocycles. The molecule has 1 heterocycles. The van der Waals surface area contributed by atoms with Crippen LogP contribution in [0.5, 0.6) is 0 Å². The number of carbonyl (C=O) groups is 1. The van der Waals surface area contributed by atoms with Gasteiger partial charge in [-0.25, -0.2) is 0 Å². The van der Waals surface area contributed by atoms with E-state index in [4.69, 9.17) is 5.11 Å². The number of rotatable bonds is 1. The Hall–Kier alpha value is -0.570. The van der Waals surface area contributed by atoms with Gasteiger partial charge >= 0.3 is 5.97 Å². The Labute approximate surface area is 72.2 Å². The number of hydrogen-bond acceptors (Lipinski definition) is 2. The monoisotopic (exact) mass is 169 g/mol. The number of fused-ring (bicyclic) bond motifs is 1. The molecule has 2 N–H and O–H groups in total. The van der Waals surface area contributed by atoms with Crippen molar-refractivity contribution in [3.05, 3.63) is 0 Å². The minimum Gasteiger partial charge on any atom is -0.481 e. The normalized spacial score (nSPS) is 40.8. The summed E-state index contributed by atoms with van der Waals surface area (Å²) in [4.78, 5) is 10.9. The van der Waals surface area contributed by atoms with Crippen LogP contribution in [0.15, 0.2) is 0 Å². The zero-order valence-corrected chi connectivity index (χ0v) is 7.12. The van der Waals surface area contributed by atoms with Crippen LogP contribution in [0.3, 0.4) is 0 Å². The van der Waals surface area contributed by atoms with E-state index in [1.165, 1.54) is 6.42 Å². The van der Waals surface area contributed by atoms with Crippen molar-refractivity contribution in [1.29, 1.82) is 0 Å². The first kappa shape index (κ1) is 8.05. The van der Waals surface area contributed by atoms with Crippen molar-refractivity contribution in [1.82, 2.24) is 5.32 Å². The standard InChI is InChI=1S/C9H15NO2/c11-9(12)7-3-1-2-6-4-10-5-8(6)7/h6-8,10H,1-5H2,(H,11,12). The lowest BCUT2D eigenvalue weighted by Gasteiger charge is -2.29. The van der Waals surface area contributed by atoms with Gasteiger partial charge < -0.3 is 10.4 Å². The zero-order chi connectivity index (χ0) is 8.55. The number of aliphatic carboxylic acids is 1. The molecule has 2 aliphatic rings. The third kappa shape index (κ3) is 1.22. The third-order valence-electron chi connectivity index (χ3n) is 3.32. The molecule has 1 aliphatic heterocycles. The fraction of sp³-hybridized carbons (Fsp3) is 0.889. The maximum atomic E-state index is 10.9. The van der Waals surface area contributed by atoms with Crippen LogP contribution in [0.2, 0.25) is 0 Å². The molecule has 3 unspecified atom stereocenters. The quantitative estimate of drug-likeness (QED) is 0.607. The molecule has 0 aromatic heterocycles. The number of carboxylic acids is 1. The van der Waals surface area contributed by atoms with Crippen LogP contribution < -0.4 is 5.32 Å². The molecule has 0 bridgehead atoms. The molecule has 68 valence electrons. The van der Waals surface area contributed by atoms with Gasteiger partial charge in [0.15, 0.2) is 0 Å². The van der Waals surface area contributed by atoms with E-state index in [1.807, 2.05) is 0 Å². The Kier molecular flexibility index (Phi) is 2.05. The van der Waals surface area contributed by atoms with Crippen LogP contribution in [-0.2, 0) is 4.79 Å². The van der Waals surface area contributed by atoms with E-state index in [2.05, 4.69) is 5.32 Å². The average molecular weight is 169 g/mol. The topological polar surface area (TPSA) is 49.3 Å². The van der Waals surface area contributed by atoms with Crippen molar-refractivity contribution in [2.75, 3.05) is 13.1 Å². The van der Waals surface area contributed by atoms with Gasteiger partial charge in [0.05, 0.1) is 5.92 Å². The second kappa shape index (κ2) is 3.05. The Morgan fingerprint density at radius 2 is 2.17 bits per heavy atom. The summed E-state index contributed by atoms with van der Waals surface area (Å²) in [6.45, 7) is 1.95. The summed E-state index contributed by atoms with van der Waals surface area (Å²) in [5, 5.41) is 12.2. The maximum Gasteiger partial charge on any atom is 0.306 e. The van der Waals surface area contributed by atoms with Crippen molar-refractivity contribution in [2.45, 2.75) is 19.3 Å². The summed E-state index contributed by atoms with van der Waals surface area (Å²) in [5.74, 6) is 0.392. The Morgan fingerprint density at radius 1 is 1.33 bits per heavy atom. The second-order valence-electron chi connectivity index (χ2n) is 3.96. The minimum absolute atomic E-state index is 0.0706. The summed E-state index contributed by atoms with van der Waals surface area (Å²) < 4.78 is 0. The molecule has 1 aliphatic carbocycles. The van der Waals surface area contributed by atoms with Gasteiger partial charge in [0.1, 0.15) is 0 Å². The van der Waals surface area contributed by atoms with Crippen LogP contribution in [0.1, 0.15) is 19.3 Å². The number of hydrogen-bond donors (Lipinski definition) is 2. The highest BCUT2D eigenvalue weighted by Crippen LogP contribution is 2.36. The highest BCUT2D eigenvalue weighted by molar-refractivity contribution is 5.70. The molecule has 1 saturated heterocycles. The number of nitrogens with one attached hydrogen (secondary N) is 1. The van der Waals surface area contributed by atoms with Gasteiger partial charge in [0, 0.05) is 0 Å². The van der Waals surface area contributed by atoms with Crippen LogP contribution >= 0.6 is 0 Å². The predicted molar refractivity (Wildman–Crippen MR) is 44.8 cm³/mol. The van der Waals surface area contributed by atoms with E-state index in [-0.39, 0.29) is 5.92 Å². The molecule has 3 heteroatoms. The summed E-state index contributed by atoms with van der Waals surface area (Å²) >= 11 is 0. The molecule has 3 atom stereocenters. The van der Waals surface area contributed by atoms with Gasteiger partial charge in [-0.05, 0) is 37.8 Å². The molecule has 1 saturated carbocycles. The van der Waals surface area contributed by atoms with Gasteiger partial charge in [0.25, 0.3) is 0 Å². The minimum atomic E-state index is -0.589. The van der Waals surface area contributed by atoms with E-state index >= 15 is 0 Å². The summed E-state index contributed by atoms with van der Waals surface area (Å²) in [5.41, 5.74) is 0. The predicted octanol–water partition coefficient (Wildman–Crippen LogP) is 0.707. The highest BCUT2D eigenvalue weighted by atomic mass is 16.4. The molecule has 3 nitrogen and oxygen atoms in total. The van der Waals surface area contributed by atoms with Crippen LogP contribution in [0.4, 0.5) is 0 Å². The van der Waals surface area contributed by atoms with Crippen LogP contribution in [0.25, 0.3) is 0 Å². The van der Waals surface area contributed by atoms with E-state index in [9.17, 15) is 4.79 Å². The van der Waals surface area contributed by atoms with E-state index in [1.54, 1.807) is 0 Å². The summed E-state index contributed by atoms with van der Waals surface area (Å²) in [6, 6.07) is 0. The molecular weight excluding hydrogens is 154 g/mol. The largest absolute Gasteiger partial charge is 0.481 e. The Morgan fingerprint density at radius 3 is 2.92 bits per heavy atom. The van der Waals surface area contributed by atoms with Gasteiger partial charge in [-0.2, -0.15) is 0 Å². The van der Waals surface area contributed by atoms with E-state index in [0.717, 1.165) is 25.9 Å². The lowest BCUT2D eigenvalue weighted by Crippen LogP contribution is -2.32. The van der Waals surface area contributed by atoms with Crippen LogP contribution in [-0.4, -0.2) is 24.2 Å². The van der Waals surface area contributed by atoms with Gasteiger partial charge in [0.2, 0.25) is 0 Å². The Bertz CT molecular complexity index is 193. The van der Waals surface area contributed by atoms with Crippen molar-refractivity contribution in [3.8, 4) is 0 Å². The number of carboxylic acid groups (broad SMARTS) is 1.